The van der Waals surface area contributed by atoms with Crippen molar-refractivity contribution in [1.29, 1.82) is 0 Å². The van der Waals surface area contributed by atoms with E-state index in [-0.39, 0.29) is 10.6 Å². The van der Waals surface area contributed by atoms with E-state index < -0.39 is 32.0 Å². The molecule has 0 aliphatic carbocycles. The van der Waals surface area contributed by atoms with Gasteiger partial charge in [-0.3, -0.25) is 13.8 Å². The number of halogens is 2. The van der Waals surface area contributed by atoms with E-state index >= 15 is 0 Å². The number of amides is 1. The monoisotopic (exact) mass is 555 g/mol. The molecule has 0 aliphatic rings. The van der Waals surface area contributed by atoms with Crippen LogP contribution in [0.5, 0.6) is 0 Å². The van der Waals surface area contributed by atoms with Gasteiger partial charge < -0.3 is 5.32 Å². The maximum Gasteiger partial charge on any atom is 0.261 e. The van der Waals surface area contributed by atoms with Crippen molar-refractivity contribution in [2.75, 3.05) is 20.6 Å². The van der Waals surface area contributed by atoms with Crippen LogP contribution in [-0.2, 0) is 24.8 Å². The molecule has 35 heavy (non-hydrogen) atoms. The quantitative estimate of drug-likeness (QED) is 0.410. The third-order valence-corrected chi connectivity index (χ3v) is 8.10. The number of aryl methyl sites for hydroxylation is 1. The zero-order valence-corrected chi connectivity index (χ0v) is 22.1. The molecule has 0 unspecified atom stereocenters. The minimum Gasteiger partial charge on any atom is -0.324 e. The van der Waals surface area contributed by atoms with Crippen LogP contribution in [0, 0.1) is 6.92 Å². The molecule has 0 spiro atoms. The Labute approximate surface area is 215 Å². The topological polar surface area (TPSA) is 113 Å². The van der Waals surface area contributed by atoms with Gasteiger partial charge in [-0.1, -0.05) is 35.3 Å². The van der Waals surface area contributed by atoms with Gasteiger partial charge in [-0.25, -0.2) is 16.8 Å². The minimum absolute atomic E-state index is 0.0316. The van der Waals surface area contributed by atoms with Gasteiger partial charge >= 0.3 is 0 Å². The Kier molecular flexibility index (Phi) is 8.00. The maximum absolute atomic E-state index is 12.9. The van der Waals surface area contributed by atoms with Crippen molar-refractivity contribution in [3.63, 3.8) is 0 Å². The van der Waals surface area contributed by atoms with Gasteiger partial charge in [0.1, 0.15) is 6.04 Å². The highest BCUT2D eigenvalue weighted by molar-refractivity contribution is 7.92. The second-order valence-corrected chi connectivity index (χ2v) is 12.2. The third-order valence-electron chi connectivity index (χ3n) is 5.01. The van der Waals surface area contributed by atoms with E-state index in [4.69, 9.17) is 23.2 Å². The van der Waals surface area contributed by atoms with E-state index in [2.05, 4.69) is 10.0 Å². The second kappa shape index (κ2) is 10.4. The number of hydrogen-bond acceptors (Lipinski definition) is 5. The van der Waals surface area contributed by atoms with Crippen LogP contribution in [0.3, 0.4) is 0 Å². The molecule has 3 rings (SSSR count). The third kappa shape index (κ3) is 6.66. The zero-order valence-electron chi connectivity index (χ0n) is 19.0. The Morgan fingerprint density at radius 1 is 0.886 bits per heavy atom. The van der Waals surface area contributed by atoms with E-state index in [9.17, 15) is 21.6 Å². The first-order chi connectivity index (χ1) is 16.3. The summed E-state index contributed by atoms with van der Waals surface area (Å²) in [5.41, 5.74) is 1.51. The molecule has 186 valence electrons. The van der Waals surface area contributed by atoms with Crippen LogP contribution < -0.4 is 14.3 Å². The van der Waals surface area contributed by atoms with Gasteiger partial charge in [0.25, 0.3) is 10.0 Å². The van der Waals surface area contributed by atoms with Crippen LogP contribution in [0.1, 0.15) is 12.5 Å². The summed E-state index contributed by atoms with van der Waals surface area (Å²) in [6.07, 6.45) is 1.00. The number of nitrogens with one attached hydrogen (secondary N) is 2. The van der Waals surface area contributed by atoms with Gasteiger partial charge in [0.15, 0.2) is 0 Å². The smallest absolute Gasteiger partial charge is 0.261 e. The van der Waals surface area contributed by atoms with Gasteiger partial charge in [0.2, 0.25) is 15.9 Å². The zero-order chi connectivity index (χ0) is 26.0. The summed E-state index contributed by atoms with van der Waals surface area (Å²) < 4.78 is 53.8. The summed E-state index contributed by atoms with van der Waals surface area (Å²) in [5, 5.41) is 3.33. The average molecular weight is 556 g/mol. The van der Waals surface area contributed by atoms with Gasteiger partial charge in [-0.15, -0.1) is 0 Å². The van der Waals surface area contributed by atoms with Crippen molar-refractivity contribution < 1.29 is 21.6 Å². The molecule has 0 fully saturated rings. The molecular formula is C23H23Cl2N3O5S2. The number of rotatable bonds is 8. The van der Waals surface area contributed by atoms with Crippen molar-refractivity contribution in [3.8, 4) is 0 Å². The number of nitrogens with zero attached hydrogens (tertiary/aromatic N) is 1. The fourth-order valence-electron chi connectivity index (χ4n) is 3.33. The predicted octanol–water partition coefficient (Wildman–Crippen LogP) is 4.90. The van der Waals surface area contributed by atoms with E-state index in [0.29, 0.717) is 27.0 Å². The first-order valence-corrected chi connectivity index (χ1v) is 14.3. The van der Waals surface area contributed by atoms with Crippen LogP contribution in [0.4, 0.5) is 17.1 Å². The predicted molar refractivity (Wildman–Crippen MR) is 140 cm³/mol. The van der Waals surface area contributed by atoms with Gasteiger partial charge in [0.05, 0.1) is 22.5 Å². The van der Waals surface area contributed by atoms with Crippen molar-refractivity contribution in [2.24, 2.45) is 0 Å². The second-order valence-electron chi connectivity index (χ2n) is 7.80. The summed E-state index contributed by atoms with van der Waals surface area (Å²) in [5.74, 6) is -0.609. The van der Waals surface area contributed by atoms with Gasteiger partial charge in [-0.05, 0) is 74.0 Å². The van der Waals surface area contributed by atoms with E-state index in [0.717, 1.165) is 10.6 Å². The largest absolute Gasteiger partial charge is 0.324 e. The van der Waals surface area contributed by atoms with Gasteiger partial charge in [-0.2, -0.15) is 0 Å². The van der Waals surface area contributed by atoms with E-state index in [1.165, 1.54) is 43.3 Å². The molecule has 1 atom stereocenters. The number of carbonyl (C=O) groups is 1. The van der Waals surface area contributed by atoms with Crippen molar-refractivity contribution in [3.05, 3.63) is 82.3 Å². The molecule has 3 aromatic carbocycles. The summed E-state index contributed by atoms with van der Waals surface area (Å²) in [4.78, 5) is 12.9. The minimum atomic E-state index is -3.89. The molecule has 0 aliphatic heterocycles. The molecule has 0 heterocycles. The van der Waals surface area contributed by atoms with E-state index in [1.54, 1.807) is 37.3 Å². The highest BCUT2D eigenvalue weighted by Crippen LogP contribution is 2.29. The summed E-state index contributed by atoms with van der Waals surface area (Å²) >= 11 is 12.0. The molecule has 0 radical (unpaired) electrons. The molecular weight excluding hydrogens is 533 g/mol. The molecule has 0 bridgehead atoms. The number of anilines is 3. The fourth-order valence-corrected chi connectivity index (χ4v) is 5.96. The molecule has 0 aromatic heterocycles. The molecule has 12 heteroatoms. The maximum atomic E-state index is 12.9. The first-order valence-electron chi connectivity index (χ1n) is 10.2. The number of benzene rings is 3. The Hall–Kier alpha value is -2.79. The normalized spacial score (nSPS) is 12.6. The molecule has 2 N–H and O–H groups in total. The highest BCUT2D eigenvalue weighted by atomic mass is 35.5. The Morgan fingerprint density at radius 2 is 1.51 bits per heavy atom. The van der Waals surface area contributed by atoms with Crippen molar-refractivity contribution in [1.82, 2.24) is 0 Å². The Balaban J connectivity index is 1.79. The lowest BCUT2D eigenvalue weighted by Gasteiger charge is -2.29. The number of hydrogen-bond donors (Lipinski definition) is 2. The van der Waals surface area contributed by atoms with Crippen LogP contribution in [0.25, 0.3) is 0 Å². The average Bonchev–Trinajstić information content (AvgIpc) is 2.75. The lowest BCUT2D eigenvalue weighted by molar-refractivity contribution is -0.116. The SMILES string of the molecule is Cc1ccc(Cl)cc1N([C@H](C)C(=O)Nc1ccc(S(=O)(=O)Nc2cccc(Cl)c2)cc1)S(C)(=O)=O. The van der Waals surface area contributed by atoms with E-state index in [1.807, 2.05) is 0 Å². The van der Waals surface area contributed by atoms with Crippen molar-refractivity contribution >= 4 is 66.2 Å². The lowest BCUT2D eigenvalue weighted by Crippen LogP contribution is -2.45. The standard InChI is InChI=1S/C23H23Cl2N3O5S2/c1-15-7-8-18(25)14-22(15)28(34(3,30)31)16(2)23(29)26-19-9-11-21(12-10-19)35(32,33)27-20-6-4-5-17(24)13-20/h4-14,16,27H,1-3H3,(H,26,29)/t16-/m1/s1. The van der Waals surface area contributed by atoms with Crippen LogP contribution in [0.15, 0.2) is 71.6 Å². The fraction of sp³-hybridized carbons (Fsp3) is 0.174. The molecule has 0 saturated carbocycles. The van der Waals surface area contributed by atoms with Crippen LogP contribution in [-0.4, -0.2) is 35.0 Å². The molecule has 1 amide bonds. The van der Waals surface area contributed by atoms with Crippen LogP contribution in [0.2, 0.25) is 10.0 Å². The molecule has 0 saturated heterocycles. The molecule has 8 nitrogen and oxygen atoms in total. The summed E-state index contributed by atoms with van der Waals surface area (Å²) in [6, 6.07) is 15.4. The lowest BCUT2D eigenvalue weighted by atomic mass is 10.1. The van der Waals surface area contributed by atoms with Crippen LogP contribution >= 0.6 is 23.2 Å². The Morgan fingerprint density at radius 3 is 2.11 bits per heavy atom. The summed E-state index contributed by atoms with van der Waals surface area (Å²) in [6.45, 7) is 3.16. The van der Waals surface area contributed by atoms with Gasteiger partial charge in [0, 0.05) is 15.7 Å². The first kappa shape index (κ1) is 26.8. The molecule has 3 aromatic rings. The van der Waals surface area contributed by atoms with Crippen molar-refractivity contribution in [2.45, 2.75) is 24.8 Å². The Bertz CT molecular complexity index is 1460. The number of sulfonamides is 2. The summed E-state index contributed by atoms with van der Waals surface area (Å²) in [7, 11) is -7.73. The highest BCUT2D eigenvalue weighted by Gasteiger charge is 2.30. The number of carbonyl (C=O) groups excluding carboxylic acids is 1.